The van der Waals surface area contributed by atoms with Crippen molar-refractivity contribution in [3.05, 3.63) is 0 Å². The highest BCUT2D eigenvalue weighted by atomic mass is 16.5. The number of ether oxygens (including phenoxy) is 1. The van der Waals surface area contributed by atoms with E-state index in [9.17, 15) is 0 Å². The molecule has 1 saturated heterocycles. The standard InChI is InChI=1S/C9H19NO/c1-4-10-9-7(2)5-11-6-8(9)3/h7-10H,4-6H2,1-3H3/t7-,8+,9?. The number of hydrogen-bond acceptors (Lipinski definition) is 2. The van der Waals surface area contributed by atoms with Crippen LogP contribution in [0, 0.1) is 11.8 Å². The lowest BCUT2D eigenvalue weighted by Crippen LogP contribution is -2.47. The van der Waals surface area contributed by atoms with Crippen molar-refractivity contribution in [2.24, 2.45) is 11.8 Å². The molecule has 0 bridgehead atoms. The Morgan fingerprint density at radius 3 is 2.27 bits per heavy atom. The van der Waals surface area contributed by atoms with Gasteiger partial charge in [0.15, 0.2) is 0 Å². The van der Waals surface area contributed by atoms with Crippen molar-refractivity contribution < 1.29 is 4.74 Å². The zero-order valence-corrected chi connectivity index (χ0v) is 7.76. The Morgan fingerprint density at radius 1 is 1.27 bits per heavy atom. The van der Waals surface area contributed by atoms with Gasteiger partial charge in [0.2, 0.25) is 0 Å². The maximum Gasteiger partial charge on any atom is 0.0506 e. The first-order valence-electron chi connectivity index (χ1n) is 4.56. The van der Waals surface area contributed by atoms with Gasteiger partial charge in [0.25, 0.3) is 0 Å². The van der Waals surface area contributed by atoms with Crippen LogP contribution in [0.25, 0.3) is 0 Å². The number of hydrogen-bond donors (Lipinski definition) is 1. The third-order valence-corrected chi connectivity index (χ3v) is 2.43. The largest absolute Gasteiger partial charge is 0.381 e. The first-order valence-corrected chi connectivity index (χ1v) is 4.56. The molecule has 1 unspecified atom stereocenters. The molecule has 0 aliphatic carbocycles. The Balaban J connectivity index is 2.41. The molecule has 1 heterocycles. The molecule has 1 aliphatic rings. The van der Waals surface area contributed by atoms with Crippen molar-refractivity contribution in [1.82, 2.24) is 5.32 Å². The first-order chi connectivity index (χ1) is 5.25. The van der Waals surface area contributed by atoms with Crippen LogP contribution in [0.15, 0.2) is 0 Å². The fourth-order valence-corrected chi connectivity index (χ4v) is 1.85. The summed E-state index contributed by atoms with van der Waals surface area (Å²) in [5.41, 5.74) is 0. The lowest BCUT2D eigenvalue weighted by atomic mass is 9.89. The minimum atomic E-state index is 0.661. The topological polar surface area (TPSA) is 21.3 Å². The van der Waals surface area contributed by atoms with Crippen LogP contribution in [0.5, 0.6) is 0 Å². The predicted molar refractivity (Wildman–Crippen MR) is 46.6 cm³/mol. The van der Waals surface area contributed by atoms with Gasteiger partial charge in [-0.3, -0.25) is 0 Å². The SMILES string of the molecule is CCNC1[C@H](C)COC[C@@H]1C. The van der Waals surface area contributed by atoms with Gasteiger partial charge in [0, 0.05) is 6.04 Å². The molecule has 1 N–H and O–H groups in total. The van der Waals surface area contributed by atoms with Gasteiger partial charge in [0.05, 0.1) is 13.2 Å². The summed E-state index contributed by atoms with van der Waals surface area (Å²) in [5.74, 6) is 1.33. The van der Waals surface area contributed by atoms with E-state index in [1.54, 1.807) is 0 Å². The molecule has 1 aliphatic heterocycles. The van der Waals surface area contributed by atoms with Crippen LogP contribution in [0.4, 0.5) is 0 Å². The van der Waals surface area contributed by atoms with Crippen LogP contribution in [-0.4, -0.2) is 25.8 Å². The van der Waals surface area contributed by atoms with Crippen LogP contribution >= 0.6 is 0 Å². The molecule has 0 aromatic heterocycles. The second-order valence-electron chi connectivity index (χ2n) is 3.58. The summed E-state index contributed by atoms with van der Waals surface area (Å²) in [4.78, 5) is 0. The Kier molecular flexibility index (Phi) is 3.34. The van der Waals surface area contributed by atoms with E-state index in [-0.39, 0.29) is 0 Å². The molecule has 66 valence electrons. The lowest BCUT2D eigenvalue weighted by molar-refractivity contribution is 0.00255. The van der Waals surface area contributed by atoms with Gasteiger partial charge in [-0.05, 0) is 18.4 Å². The Morgan fingerprint density at radius 2 is 1.82 bits per heavy atom. The molecule has 0 saturated carbocycles. The summed E-state index contributed by atoms with van der Waals surface area (Å²) in [5, 5.41) is 3.50. The van der Waals surface area contributed by atoms with Crippen LogP contribution in [0.2, 0.25) is 0 Å². The van der Waals surface area contributed by atoms with Gasteiger partial charge in [-0.1, -0.05) is 20.8 Å². The van der Waals surface area contributed by atoms with Crippen molar-refractivity contribution in [1.29, 1.82) is 0 Å². The van der Waals surface area contributed by atoms with Gasteiger partial charge in [-0.15, -0.1) is 0 Å². The monoisotopic (exact) mass is 157 g/mol. The van der Waals surface area contributed by atoms with Crippen LogP contribution < -0.4 is 5.32 Å². The highest BCUT2D eigenvalue weighted by Gasteiger charge is 2.26. The summed E-state index contributed by atoms with van der Waals surface area (Å²) in [7, 11) is 0. The average Bonchev–Trinajstić information content (AvgIpc) is 1.97. The fourth-order valence-electron chi connectivity index (χ4n) is 1.85. The smallest absolute Gasteiger partial charge is 0.0506 e. The van der Waals surface area contributed by atoms with E-state index in [1.807, 2.05) is 0 Å². The zero-order valence-electron chi connectivity index (χ0n) is 7.76. The summed E-state index contributed by atoms with van der Waals surface area (Å²) in [6.45, 7) is 9.57. The van der Waals surface area contributed by atoms with Crippen LogP contribution in [0.3, 0.4) is 0 Å². The third-order valence-electron chi connectivity index (χ3n) is 2.43. The van der Waals surface area contributed by atoms with Gasteiger partial charge < -0.3 is 10.1 Å². The fraction of sp³-hybridized carbons (Fsp3) is 1.00. The lowest BCUT2D eigenvalue weighted by Gasteiger charge is -2.34. The van der Waals surface area contributed by atoms with Gasteiger partial charge >= 0.3 is 0 Å². The van der Waals surface area contributed by atoms with Gasteiger partial charge in [-0.2, -0.15) is 0 Å². The van der Waals surface area contributed by atoms with E-state index in [0.717, 1.165) is 19.8 Å². The minimum absolute atomic E-state index is 0.661. The molecule has 1 fully saturated rings. The Bertz CT molecular complexity index is 106. The highest BCUT2D eigenvalue weighted by molar-refractivity contribution is 4.81. The molecule has 0 spiro atoms. The van der Waals surface area contributed by atoms with E-state index in [1.165, 1.54) is 0 Å². The first kappa shape index (κ1) is 9.01. The minimum Gasteiger partial charge on any atom is -0.381 e. The second kappa shape index (κ2) is 4.07. The summed E-state index contributed by atoms with van der Waals surface area (Å²) in [6, 6.07) is 0.661. The van der Waals surface area contributed by atoms with E-state index in [2.05, 4.69) is 26.1 Å². The van der Waals surface area contributed by atoms with Gasteiger partial charge in [-0.25, -0.2) is 0 Å². The molecule has 0 aromatic carbocycles. The number of rotatable bonds is 2. The Labute approximate surface area is 69.3 Å². The van der Waals surface area contributed by atoms with Crippen molar-refractivity contribution in [3.8, 4) is 0 Å². The molecule has 0 amide bonds. The van der Waals surface area contributed by atoms with Gasteiger partial charge in [0.1, 0.15) is 0 Å². The highest BCUT2D eigenvalue weighted by Crippen LogP contribution is 2.19. The second-order valence-corrected chi connectivity index (χ2v) is 3.58. The molecule has 3 atom stereocenters. The van der Waals surface area contributed by atoms with E-state index in [0.29, 0.717) is 17.9 Å². The maximum absolute atomic E-state index is 5.43. The van der Waals surface area contributed by atoms with Crippen molar-refractivity contribution >= 4 is 0 Å². The zero-order chi connectivity index (χ0) is 8.27. The molecular weight excluding hydrogens is 138 g/mol. The summed E-state index contributed by atoms with van der Waals surface area (Å²) >= 11 is 0. The van der Waals surface area contributed by atoms with Crippen molar-refractivity contribution in [3.63, 3.8) is 0 Å². The molecule has 11 heavy (non-hydrogen) atoms. The van der Waals surface area contributed by atoms with Crippen molar-refractivity contribution in [2.75, 3.05) is 19.8 Å². The Hall–Kier alpha value is -0.0800. The normalized spacial score (nSPS) is 39.0. The maximum atomic E-state index is 5.43. The molecule has 0 aromatic rings. The van der Waals surface area contributed by atoms with Crippen LogP contribution in [0.1, 0.15) is 20.8 Å². The predicted octanol–water partition coefficient (Wildman–Crippen LogP) is 1.27. The molecular formula is C9H19NO. The quantitative estimate of drug-likeness (QED) is 0.651. The third kappa shape index (κ3) is 2.17. The number of nitrogens with one attached hydrogen (secondary N) is 1. The van der Waals surface area contributed by atoms with E-state index in [4.69, 9.17) is 4.74 Å². The van der Waals surface area contributed by atoms with E-state index < -0.39 is 0 Å². The molecule has 0 radical (unpaired) electrons. The molecule has 1 rings (SSSR count). The van der Waals surface area contributed by atoms with Crippen LogP contribution in [-0.2, 0) is 4.74 Å². The summed E-state index contributed by atoms with van der Waals surface area (Å²) < 4.78 is 5.43. The molecule has 2 heteroatoms. The van der Waals surface area contributed by atoms with E-state index >= 15 is 0 Å². The summed E-state index contributed by atoms with van der Waals surface area (Å²) in [6.07, 6.45) is 0. The average molecular weight is 157 g/mol. The molecule has 2 nitrogen and oxygen atoms in total. The van der Waals surface area contributed by atoms with Crippen molar-refractivity contribution in [2.45, 2.75) is 26.8 Å².